The Morgan fingerprint density at radius 2 is 0.714 bits per heavy atom. The van der Waals surface area contributed by atoms with E-state index in [1.807, 2.05) is 0 Å². The molecule has 0 aliphatic carbocycles. The number of amides is 1. The van der Waals surface area contributed by atoms with Gasteiger partial charge in [0.1, 0.15) is 12.2 Å². The molecule has 0 heterocycles. The molecule has 63 heavy (non-hydrogen) atoms. The van der Waals surface area contributed by atoms with Crippen molar-refractivity contribution in [1.29, 1.82) is 0 Å². The molecular formula is C57H107NO5. The molecule has 4 unspecified atom stereocenters. The molecule has 0 spiro atoms. The van der Waals surface area contributed by atoms with E-state index in [-0.39, 0.29) is 0 Å². The predicted molar refractivity (Wildman–Crippen MR) is 274 cm³/mol. The molecule has 0 bridgehead atoms. The Hall–Kier alpha value is -1.73. The van der Waals surface area contributed by atoms with Gasteiger partial charge in [0.2, 0.25) is 5.91 Å². The fourth-order valence-corrected chi connectivity index (χ4v) is 8.39. The second-order valence-corrected chi connectivity index (χ2v) is 18.9. The van der Waals surface area contributed by atoms with Crippen LogP contribution in [0.1, 0.15) is 277 Å². The third kappa shape index (κ3) is 45.2. The second-order valence-electron chi connectivity index (χ2n) is 18.9. The van der Waals surface area contributed by atoms with Gasteiger partial charge in [-0.15, -0.1) is 0 Å². The third-order valence-electron chi connectivity index (χ3n) is 12.7. The van der Waals surface area contributed by atoms with Crippen molar-refractivity contribution in [2.75, 3.05) is 6.61 Å². The highest BCUT2D eigenvalue weighted by atomic mass is 16.3. The van der Waals surface area contributed by atoms with Gasteiger partial charge in [-0.25, -0.2) is 0 Å². The number of hydrogen-bond donors (Lipinski definition) is 5. The molecule has 0 aliphatic rings. The molecule has 0 rings (SSSR count). The molecule has 0 saturated carbocycles. The van der Waals surface area contributed by atoms with Crippen LogP contribution >= 0.6 is 0 Å². The van der Waals surface area contributed by atoms with Gasteiger partial charge < -0.3 is 25.7 Å². The summed E-state index contributed by atoms with van der Waals surface area (Å²) in [6.45, 7) is 4.04. The Bertz CT molecular complexity index is 1040. The van der Waals surface area contributed by atoms with E-state index in [1.54, 1.807) is 0 Å². The van der Waals surface area contributed by atoms with Gasteiger partial charge in [-0.3, -0.25) is 4.79 Å². The molecular weight excluding hydrogens is 779 g/mol. The van der Waals surface area contributed by atoms with Crippen molar-refractivity contribution in [2.45, 2.75) is 301 Å². The molecule has 0 saturated heterocycles. The molecule has 5 N–H and O–H groups in total. The summed E-state index contributed by atoms with van der Waals surface area (Å²) in [7, 11) is 0. The van der Waals surface area contributed by atoms with Crippen molar-refractivity contribution in [3.63, 3.8) is 0 Å². The normalized spacial score (nSPS) is 14.2. The first kappa shape index (κ1) is 61.3. The number of aliphatic hydroxyl groups is 4. The Morgan fingerprint density at radius 1 is 0.397 bits per heavy atom. The molecule has 0 fully saturated rings. The van der Waals surface area contributed by atoms with E-state index in [9.17, 15) is 25.2 Å². The maximum atomic E-state index is 12.6. The topological polar surface area (TPSA) is 110 Å². The molecule has 370 valence electrons. The SMILES string of the molecule is CCCCCCCC/C=C/CC/C=C/CCCC(O)C(O)C(CO)NC(=O)C(O)CCCCCCCCCCCCCCCCCC/C=C\C/C=C\CCCCCCCCCCC. The van der Waals surface area contributed by atoms with Gasteiger partial charge in [0, 0.05) is 0 Å². The number of carbonyl (C=O) groups is 1. The van der Waals surface area contributed by atoms with Gasteiger partial charge in [-0.05, 0) is 83.5 Å². The lowest BCUT2D eigenvalue weighted by molar-refractivity contribution is -0.132. The quantitative estimate of drug-likeness (QED) is 0.0309. The molecule has 4 atom stereocenters. The highest BCUT2D eigenvalue weighted by Gasteiger charge is 2.28. The minimum absolute atomic E-state index is 0.360. The van der Waals surface area contributed by atoms with Crippen LogP contribution in [0.5, 0.6) is 0 Å². The van der Waals surface area contributed by atoms with Crippen molar-refractivity contribution in [1.82, 2.24) is 5.32 Å². The first-order chi connectivity index (χ1) is 31.0. The summed E-state index contributed by atoms with van der Waals surface area (Å²) in [5.74, 6) is -0.596. The lowest BCUT2D eigenvalue weighted by atomic mass is 10.00. The fraction of sp³-hybridized carbons (Fsp3) is 0.842. The zero-order valence-corrected chi connectivity index (χ0v) is 41.8. The van der Waals surface area contributed by atoms with Crippen LogP contribution in [0.15, 0.2) is 48.6 Å². The molecule has 1 amide bonds. The van der Waals surface area contributed by atoms with Gasteiger partial charge in [0.15, 0.2) is 0 Å². The van der Waals surface area contributed by atoms with Gasteiger partial charge in [0.25, 0.3) is 0 Å². The zero-order valence-electron chi connectivity index (χ0n) is 41.8. The van der Waals surface area contributed by atoms with Crippen molar-refractivity contribution in [3.8, 4) is 0 Å². The number of rotatable bonds is 50. The standard InChI is InChI=1S/C57H107NO5/c1-3-5-7-9-11-13-15-17-19-20-21-22-23-24-25-26-27-28-29-30-31-32-33-34-35-37-39-41-43-45-47-49-51-55(61)57(63)58-53(52-59)56(62)54(60)50-48-46-44-42-40-38-36-18-16-14-12-10-8-6-4-2/h18,21-22,24-25,36,42,44,53-56,59-62H,3-17,19-20,23,26-35,37-41,43,45-52H2,1-2H3,(H,58,63)/b22-21-,25-24-,36-18+,44-42+. The number of unbranched alkanes of at least 4 members (excludes halogenated alkanes) is 33. The second kappa shape index (κ2) is 51.3. The molecule has 0 aromatic rings. The number of hydrogen-bond acceptors (Lipinski definition) is 5. The maximum absolute atomic E-state index is 12.6. The number of aliphatic hydroxyl groups excluding tert-OH is 4. The van der Waals surface area contributed by atoms with Crippen molar-refractivity contribution >= 4 is 5.91 Å². The summed E-state index contributed by atoms with van der Waals surface area (Å²) in [5, 5.41) is 43.8. The minimum Gasteiger partial charge on any atom is -0.394 e. The Morgan fingerprint density at radius 3 is 1.10 bits per heavy atom. The highest BCUT2D eigenvalue weighted by molar-refractivity contribution is 5.80. The van der Waals surface area contributed by atoms with E-state index in [0.717, 1.165) is 44.9 Å². The summed E-state index contributed by atoms with van der Waals surface area (Å²) >= 11 is 0. The summed E-state index contributed by atoms with van der Waals surface area (Å²) in [4.78, 5) is 12.6. The van der Waals surface area contributed by atoms with E-state index < -0.39 is 36.9 Å². The molecule has 6 heteroatoms. The maximum Gasteiger partial charge on any atom is 0.249 e. The molecule has 0 radical (unpaired) electrons. The van der Waals surface area contributed by atoms with Crippen molar-refractivity contribution < 1.29 is 25.2 Å². The third-order valence-corrected chi connectivity index (χ3v) is 12.7. The van der Waals surface area contributed by atoms with Crippen LogP contribution in [0.25, 0.3) is 0 Å². The predicted octanol–water partition coefficient (Wildman–Crippen LogP) is 15.8. The number of carbonyl (C=O) groups excluding carboxylic acids is 1. The van der Waals surface area contributed by atoms with Crippen LogP contribution in [-0.4, -0.2) is 57.3 Å². The van der Waals surface area contributed by atoms with Gasteiger partial charge in [0.05, 0.1) is 18.8 Å². The molecule has 0 aliphatic heterocycles. The summed E-state index contributed by atoms with van der Waals surface area (Å²) < 4.78 is 0. The summed E-state index contributed by atoms with van der Waals surface area (Å²) in [6, 6.07) is -1.01. The van der Waals surface area contributed by atoms with E-state index in [4.69, 9.17) is 0 Å². The van der Waals surface area contributed by atoms with Crippen molar-refractivity contribution in [3.05, 3.63) is 48.6 Å². The van der Waals surface area contributed by atoms with Gasteiger partial charge in [-0.1, -0.05) is 242 Å². The van der Waals surface area contributed by atoms with Crippen LogP contribution in [0, 0.1) is 0 Å². The first-order valence-electron chi connectivity index (χ1n) is 27.5. The Labute approximate surface area is 391 Å². The average Bonchev–Trinajstić information content (AvgIpc) is 3.29. The highest BCUT2D eigenvalue weighted by Crippen LogP contribution is 2.17. The van der Waals surface area contributed by atoms with Crippen LogP contribution in [0.2, 0.25) is 0 Å². The van der Waals surface area contributed by atoms with Crippen molar-refractivity contribution in [2.24, 2.45) is 0 Å². The Balaban J connectivity index is 3.63. The lowest BCUT2D eigenvalue weighted by Gasteiger charge is -2.27. The monoisotopic (exact) mass is 886 g/mol. The molecule has 6 nitrogen and oxygen atoms in total. The van der Waals surface area contributed by atoms with Gasteiger partial charge >= 0.3 is 0 Å². The van der Waals surface area contributed by atoms with E-state index in [0.29, 0.717) is 19.3 Å². The van der Waals surface area contributed by atoms with Gasteiger partial charge in [-0.2, -0.15) is 0 Å². The minimum atomic E-state index is -1.29. The zero-order chi connectivity index (χ0) is 45.9. The lowest BCUT2D eigenvalue weighted by Crippen LogP contribution is -2.53. The average molecular weight is 886 g/mol. The molecule has 0 aromatic carbocycles. The molecule has 0 aromatic heterocycles. The Kier molecular flexibility index (Phi) is 49.8. The largest absolute Gasteiger partial charge is 0.394 e. The van der Waals surface area contributed by atoms with Crippen LogP contribution < -0.4 is 5.32 Å². The van der Waals surface area contributed by atoms with E-state index in [1.165, 1.54) is 199 Å². The van der Waals surface area contributed by atoms with Crippen LogP contribution in [0.3, 0.4) is 0 Å². The van der Waals surface area contributed by atoms with E-state index >= 15 is 0 Å². The van der Waals surface area contributed by atoms with Crippen LogP contribution in [-0.2, 0) is 4.79 Å². The van der Waals surface area contributed by atoms with E-state index in [2.05, 4.69) is 67.8 Å². The van der Waals surface area contributed by atoms with Crippen LogP contribution in [0.4, 0.5) is 0 Å². The number of nitrogens with one attached hydrogen (secondary N) is 1. The fourth-order valence-electron chi connectivity index (χ4n) is 8.39. The smallest absolute Gasteiger partial charge is 0.249 e. The first-order valence-corrected chi connectivity index (χ1v) is 27.5. The number of allylic oxidation sites excluding steroid dienone is 8. The summed E-state index contributed by atoms with van der Waals surface area (Å²) in [6.07, 6.45) is 64.7. The summed E-state index contributed by atoms with van der Waals surface area (Å²) in [5.41, 5.74) is 0.